The Kier molecular flexibility index (Phi) is 6.84. The Bertz CT molecular complexity index is 768. The number of nitrogens with one attached hydrogen (secondary N) is 1. The number of amides is 1. The van der Waals surface area contributed by atoms with Crippen LogP contribution in [0.2, 0.25) is 0 Å². The number of hydrogen-bond acceptors (Lipinski definition) is 4. The Hall–Kier alpha value is -2.84. The third-order valence-electron chi connectivity index (χ3n) is 4.70. The van der Waals surface area contributed by atoms with Crippen molar-refractivity contribution in [3.8, 4) is 11.8 Å². The van der Waals surface area contributed by atoms with Crippen LogP contribution in [0.1, 0.15) is 24.0 Å². The Morgan fingerprint density at radius 2 is 1.93 bits per heavy atom. The lowest BCUT2D eigenvalue weighted by molar-refractivity contribution is -0.124. The minimum atomic E-state index is -0.0948. The summed E-state index contributed by atoms with van der Waals surface area (Å²) in [5.41, 5.74) is 2.24. The van der Waals surface area contributed by atoms with Crippen LogP contribution in [0, 0.1) is 11.3 Å². The predicted molar refractivity (Wildman–Crippen MR) is 104 cm³/mol. The fourth-order valence-corrected chi connectivity index (χ4v) is 3.37. The fourth-order valence-electron chi connectivity index (χ4n) is 3.37. The quantitative estimate of drug-likeness (QED) is 0.821. The summed E-state index contributed by atoms with van der Waals surface area (Å²) in [5, 5.41) is 11.8. The summed E-state index contributed by atoms with van der Waals surface area (Å²) in [5.74, 6) is 0.545. The molecule has 0 aliphatic carbocycles. The van der Waals surface area contributed by atoms with Gasteiger partial charge < -0.3 is 10.1 Å². The largest absolute Gasteiger partial charge is 0.484 e. The zero-order chi connectivity index (χ0) is 18.9. The van der Waals surface area contributed by atoms with Crippen molar-refractivity contribution in [2.75, 3.05) is 19.7 Å². The molecule has 1 heterocycles. The summed E-state index contributed by atoms with van der Waals surface area (Å²) < 4.78 is 5.56. The smallest absolute Gasteiger partial charge is 0.258 e. The number of likely N-dealkylation sites (tertiary alicyclic amines) is 1. The van der Waals surface area contributed by atoms with Crippen molar-refractivity contribution < 1.29 is 9.53 Å². The average Bonchev–Trinajstić information content (AvgIpc) is 2.69. The van der Waals surface area contributed by atoms with E-state index < -0.39 is 0 Å². The minimum Gasteiger partial charge on any atom is -0.484 e. The molecule has 5 nitrogen and oxygen atoms in total. The summed E-state index contributed by atoms with van der Waals surface area (Å²) in [6, 6.07) is 20.0. The minimum absolute atomic E-state index is 0.00673. The molecule has 0 spiro atoms. The summed E-state index contributed by atoms with van der Waals surface area (Å²) in [7, 11) is 0. The van der Waals surface area contributed by atoms with Crippen molar-refractivity contribution in [1.29, 1.82) is 5.26 Å². The molecule has 140 valence electrons. The lowest BCUT2D eigenvalue weighted by Crippen LogP contribution is -2.48. The number of rotatable bonds is 7. The first kappa shape index (κ1) is 18.9. The lowest BCUT2D eigenvalue weighted by Gasteiger charge is -2.33. The van der Waals surface area contributed by atoms with Crippen LogP contribution in [0.4, 0.5) is 0 Å². The first-order valence-corrected chi connectivity index (χ1v) is 9.37. The molecule has 3 rings (SSSR count). The van der Waals surface area contributed by atoms with E-state index in [-0.39, 0.29) is 18.6 Å². The maximum absolute atomic E-state index is 12.2. The molecule has 0 aromatic heterocycles. The standard InChI is InChI=1S/C22H25N3O2/c23-13-12-18-8-10-21(11-9-18)27-17-22(26)24-20-7-4-14-25(16-20)15-19-5-2-1-3-6-19/h1-3,5-6,8-11,20H,4,7,12,14-17H2,(H,24,26). The van der Waals surface area contributed by atoms with Gasteiger partial charge in [0.05, 0.1) is 12.5 Å². The van der Waals surface area contributed by atoms with Gasteiger partial charge in [0.25, 0.3) is 5.91 Å². The molecular formula is C22H25N3O2. The summed E-state index contributed by atoms with van der Waals surface area (Å²) in [6.45, 7) is 2.85. The van der Waals surface area contributed by atoms with E-state index in [9.17, 15) is 4.79 Å². The van der Waals surface area contributed by atoms with Gasteiger partial charge in [-0.15, -0.1) is 0 Å². The van der Waals surface area contributed by atoms with Crippen LogP contribution in [-0.2, 0) is 17.8 Å². The van der Waals surface area contributed by atoms with E-state index >= 15 is 0 Å². The summed E-state index contributed by atoms with van der Waals surface area (Å²) in [6.07, 6.45) is 2.46. The Morgan fingerprint density at radius 3 is 2.67 bits per heavy atom. The highest BCUT2D eigenvalue weighted by molar-refractivity contribution is 5.77. The van der Waals surface area contributed by atoms with Gasteiger partial charge in [0.15, 0.2) is 6.61 Å². The third kappa shape index (κ3) is 6.12. The molecule has 1 N–H and O–H groups in total. The van der Waals surface area contributed by atoms with Gasteiger partial charge in [0.1, 0.15) is 5.75 Å². The highest BCUT2D eigenvalue weighted by Gasteiger charge is 2.21. The van der Waals surface area contributed by atoms with E-state index in [2.05, 4.69) is 40.6 Å². The number of benzene rings is 2. The normalized spacial score (nSPS) is 17.1. The molecule has 1 unspecified atom stereocenters. The molecule has 0 bridgehead atoms. The van der Waals surface area contributed by atoms with Gasteiger partial charge in [0, 0.05) is 19.1 Å². The third-order valence-corrected chi connectivity index (χ3v) is 4.70. The highest BCUT2D eigenvalue weighted by Crippen LogP contribution is 2.15. The maximum Gasteiger partial charge on any atom is 0.258 e. The van der Waals surface area contributed by atoms with Crippen molar-refractivity contribution >= 4 is 5.91 Å². The first-order valence-electron chi connectivity index (χ1n) is 9.37. The monoisotopic (exact) mass is 363 g/mol. The van der Waals surface area contributed by atoms with Crippen LogP contribution < -0.4 is 10.1 Å². The SMILES string of the molecule is N#CCc1ccc(OCC(=O)NC2CCCN(Cc3ccccc3)C2)cc1. The number of carbonyl (C=O) groups excluding carboxylic acids is 1. The van der Waals surface area contributed by atoms with E-state index in [1.807, 2.05) is 18.2 Å². The maximum atomic E-state index is 12.2. The zero-order valence-electron chi connectivity index (χ0n) is 15.4. The molecule has 27 heavy (non-hydrogen) atoms. The van der Waals surface area contributed by atoms with Gasteiger partial charge >= 0.3 is 0 Å². The topological polar surface area (TPSA) is 65.4 Å². The summed E-state index contributed by atoms with van der Waals surface area (Å²) >= 11 is 0. The van der Waals surface area contributed by atoms with Crippen LogP contribution in [-0.4, -0.2) is 36.5 Å². The number of ether oxygens (including phenoxy) is 1. The molecule has 5 heteroatoms. The van der Waals surface area contributed by atoms with E-state index in [0.717, 1.165) is 38.0 Å². The van der Waals surface area contributed by atoms with Crippen LogP contribution in [0.25, 0.3) is 0 Å². The van der Waals surface area contributed by atoms with Gasteiger partial charge in [-0.25, -0.2) is 0 Å². The molecule has 1 fully saturated rings. The number of piperidine rings is 1. The molecule has 2 aromatic rings. The Balaban J connectivity index is 1.42. The van der Waals surface area contributed by atoms with E-state index in [1.54, 1.807) is 12.1 Å². The molecule has 0 saturated carbocycles. The lowest BCUT2D eigenvalue weighted by atomic mass is 10.0. The average molecular weight is 363 g/mol. The molecule has 2 aromatic carbocycles. The number of nitrogens with zero attached hydrogens (tertiary/aromatic N) is 2. The highest BCUT2D eigenvalue weighted by atomic mass is 16.5. The molecular weight excluding hydrogens is 338 g/mol. The van der Waals surface area contributed by atoms with Crippen LogP contribution in [0.3, 0.4) is 0 Å². The van der Waals surface area contributed by atoms with Crippen molar-refractivity contribution in [2.24, 2.45) is 0 Å². The molecule has 1 saturated heterocycles. The Labute approximate surface area is 160 Å². The van der Waals surface area contributed by atoms with Gasteiger partial charge in [-0.05, 0) is 42.6 Å². The van der Waals surface area contributed by atoms with Crippen molar-refractivity contribution in [2.45, 2.75) is 31.8 Å². The van der Waals surface area contributed by atoms with Gasteiger partial charge in [-0.2, -0.15) is 5.26 Å². The zero-order valence-corrected chi connectivity index (χ0v) is 15.4. The van der Waals surface area contributed by atoms with E-state index in [1.165, 1.54) is 5.56 Å². The van der Waals surface area contributed by atoms with Crippen molar-refractivity contribution in [3.05, 3.63) is 65.7 Å². The number of nitriles is 1. The summed E-state index contributed by atoms with van der Waals surface area (Å²) in [4.78, 5) is 14.6. The second kappa shape index (κ2) is 9.75. The molecule has 0 radical (unpaired) electrons. The van der Waals surface area contributed by atoms with Crippen LogP contribution >= 0.6 is 0 Å². The molecule has 1 aliphatic heterocycles. The number of carbonyl (C=O) groups is 1. The molecule has 1 atom stereocenters. The van der Waals surface area contributed by atoms with Gasteiger partial charge in [-0.3, -0.25) is 9.69 Å². The first-order chi connectivity index (χ1) is 13.2. The fraction of sp³-hybridized carbons (Fsp3) is 0.364. The van der Waals surface area contributed by atoms with E-state index in [0.29, 0.717) is 12.2 Å². The van der Waals surface area contributed by atoms with Crippen LogP contribution in [0.15, 0.2) is 54.6 Å². The van der Waals surface area contributed by atoms with E-state index in [4.69, 9.17) is 10.00 Å². The van der Waals surface area contributed by atoms with Crippen molar-refractivity contribution in [3.63, 3.8) is 0 Å². The second-order valence-electron chi connectivity index (χ2n) is 6.89. The Morgan fingerprint density at radius 1 is 1.15 bits per heavy atom. The molecule has 1 aliphatic rings. The second-order valence-corrected chi connectivity index (χ2v) is 6.89. The van der Waals surface area contributed by atoms with Gasteiger partial charge in [0.2, 0.25) is 0 Å². The van der Waals surface area contributed by atoms with Gasteiger partial charge in [-0.1, -0.05) is 42.5 Å². The van der Waals surface area contributed by atoms with Crippen molar-refractivity contribution in [1.82, 2.24) is 10.2 Å². The molecule has 1 amide bonds. The number of hydrogen-bond donors (Lipinski definition) is 1. The predicted octanol–water partition coefficient (Wildman–Crippen LogP) is 2.91. The van der Waals surface area contributed by atoms with Crippen LogP contribution in [0.5, 0.6) is 5.75 Å².